The molecule has 3 aliphatic rings. The average Bonchev–Trinajstić information content (AvgIpc) is 3.58. The highest BCUT2D eigenvalue weighted by Crippen LogP contribution is 2.34. The Balaban J connectivity index is 1.57. The van der Waals surface area contributed by atoms with E-state index in [2.05, 4.69) is 11.9 Å². The quantitative estimate of drug-likeness (QED) is 0.391. The number of Topliss-reactive ketones (excluding diaryl/α,β-unsaturated/α-hetero) is 1. The van der Waals surface area contributed by atoms with Crippen LogP contribution in [0.2, 0.25) is 0 Å². The van der Waals surface area contributed by atoms with Crippen LogP contribution in [0.4, 0.5) is 0 Å². The summed E-state index contributed by atoms with van der Waals surface area (Å²) < 4.78 is 5.65. The van der Waals surface area contributed by atoms with Gasteiger partial charge in [-0.1, -0.05) is 12.2 Å². The second kappa shape index (κ2) is 10.4. The zero-order valence-corrected chi connectivity index (χ0v) is 19.6. The van der Waals surface area contributed by atoms with E-state index in [1.807, 2.05) is 6.08 Å². The van der Waals surface area contributed by atoms with Gasteiger partial charge in [-0.25, -0.2) is 0 Å². The van der Waals surface area contributed by atoms with Crippen LogP contribution in [0.15, 0.2) is 48.6 Å². The van der Waals surface area contributed by atoms with Gasteiger partial charge in [-0.3, -0.25) is 19.8 Å². The monoisotopic (exact) mass is 480 g/mol. The first-order valence-corrected chi connectivity index (χ1v) is 12.2. The van der Waals surface area contributed by atoms with Gasteiger partial charge in [-0.05, 0) is 55.5 Å². The van der Waals surface area contributed by atoms with Crippen molar-refractivity contribution in [3.05, 3.63) is 58.3 Å². The van der Waals surface area contributed by atoms with Gasteiger partial charge in [0.05, 0.1) is 21.6 Å². The first-order chi connectivity index (χ1) is 16.4. The Morgan fingerprint density at radius 2 is 2.09 bits per heavy atom. The lowest BCUT2D eigenvalue weighted by Gasteiger charge is -2.30. The molecule has 0 saturated carbocycles. The summed E-state index contributed by atoms with van der Waals surface area (Å²) in [5, 5.41) is 18.0. The Morgan fingerprint density at radius 1 is 1.29 bits per heavy atom. The number of thiophene rings is 1. The molecule has 178 valence electrons. The van der Waals surface area contributed by atoms with Crippen molar-refractivity contribution in [3.8, 4) is 0 Å². The molecule has 34 heavy (non-hydrogen) atoms. The van der Waals surface area contributed by atoms with Gasteiger partial charge in [0.1, 0.15) is 18.7 Å². The lowest BCUT2D eigenvalue weighted by atomic mass is 9.92. The maximum atomic E-state index is 13.8. The zero-order valence-electron chi connectivity index (χ0n) is 18.8. The molecule has 2 amide bonds. The van der Waals surface area contributed by atoms with E-state index in [0.29, 0.717) is 22.7 Å². The van der Waals surface area contributed by atoms with Crippen molar-refractivity contribution < 1.29 is 19.1 Å². The minimum atomic E-state index is -0.853. The molecule has 0 spiro atoms. The SMILES string of the molecule is C=CC1CN(C(=O)C(NC(=O)c2ccc(C(=N)C=CC=N)s2)C2=CCCCC2)C2C(=O)COC12. The highest BCUT2D eigenvalue weighted by atomic mass is 32.1. The van der Waals surface area contributed by atoms with Crippen LogP contribution in [0, 0.1) is 16.7 Å². The number of ether oxygens (including phenoxy) is 1. The number of likely N-dealkylation sites (tertiary alicyclic amines) is 1. The van der Waals surface area contributed by atoms with Crippen LogP contribution in [0.1, 0.15) is 40.2 Å². The van der Waals surface area contributed by atoms with Gasteiger partial charge >= 0.3 is 0 Å². The molecule has 1 aliphatic carbocycles. The number of ketones is 1. The molecule has 2 aliphatic heterocycles. The van der Waals surface area contributed by atoms with Crippen molar-refractivity contribution >= 4 is 40.9 Å². The summed E-state index contributed by atoms with van der Waals surface area (Å²) in [5.74, 6) is -0.935. The number of rotatable bonds is 8. The van der Waals surface area contributed by atoms with Crippen LogP contribution in [0.5, 0.6) is 0 Å². The van der Waals surface area contributed by atoms with Crippen molar-refractivity contribution in [2.45, 2.75) is 43.9 Å². The predicted octanol–water partition coefficient (Wildman–Crippen LogP) is 2.90. The number of fused-ring (bicyclic) bond motifs is 1. The fourth-order valence-electron chi connectivity index (χ4n) is 4.76. The van der Waals surface area contributed by atoms with Crippen LogP contribution in [0.25, 0.3) is 0 Å². The van der Waals surface area contributed by atoms with E-state index in [4.69, 9.17) is 15.6 Å². The molecule has 4 atom stereocenters. The largest absolute Gasteiger partial charge is 0.367 e. The summed E-state index contributed by atoms with van der Waals surface area (Å²) in [6.45, 7) is 4.16. The number of allylic oxidation sites excluding steroid dienone is 3. The Morgan fingerprint density at radius 3 is 2.79 bits per heavy atom. The van der Waals surface area contributed by atoms with Crippen molar-refractivity contribution in [1.29, 1.82) is 10.8 Å². The van der Waals surface area contributed by atoms with Gasteiger partial charge in [-0.15, -0.1) is 17.9 Å². The average molecular weight is 481 g/mol. The standard InChI is InChI=1S/C25H28N4O4S/c1-2-15-13-29(22-18(30)14-33-23(15)22)25(32)21(16-7-4-3-5-8-16)28-24(31)20-11-10-19(34-20)17(27)9-6-12-26/h2,6-7,9-12,15,21-23,26-27H,1,3-5,8,13-14H2,(H,28,31). The Kier molecular flexibility index (Phi) is 7.33. The molecule has 4 unspecified atom stereocenters. The summed E-state index contributed by atoms with van der Waals surface area (Å²) in [4.78, 5) is 42.0. The highest BCUT2D eigenvalue weighted by molar-refractivity contribution is 7.16. The number of nitrogens with one attached hydrogen (secondary N) is 3. The molecule has 0 bridgehead atoms. The molecule has 2 fully saturated rings. The van der Waals surface area contributed by atoms with Crippen LogP contribution in [-0.2, 0) is 14.3 Å². The molecule has 4 rings (SSSR count). The number of nitrogens with zero attached hydrogens (tertiary/aromatic N) is 1. The Hall–Kier alpha value is -3.17. The smallest absolute Gasteiger partial charge is 0.262 e. The molecule has 8 nitrogen and oxygen atoms in total. The maximum Gasteiger partial charge on any atom is 0.262 e. The summed E-state index contributed by atoms with van der Waals surface area (Å²) in [6.07, 6.45) is 10.9. The van der Waals surface area contributed by atoms with Crippen LogP contribution in [0.3, 0.4) is 0 Å². The van der Waals surface area contributed by atoms with Crippen molar-refractivity contribution in [1.82, 2.24) is 10.2 Å². The fraction of sp³-hybridized carbons (Fsp3) is 0.400. The van der Waals surface area contributed by atoms with Crippen LogP contribution in [-0.4, -0.2) is 65.8 Å². The fourth-order valence-corrected chi connectivity index (χ4v) is 5.60. The van der Waals surface area contributed by atoms with Crippen molar-refractivity contribution in [2.75, 3.05) is 13.2 Å². The summed E-state index contributed by atoms with van der Waals surface area (Å²) in [7, 11) is 0. The molecular weight excluding hydrogens is 452 g/mol. The van der Waals surface area contributed by atoms with Crippen molar-refractivity contribution in [3.63, 3.8) is 0 Å². The van der Waals surface area contributed by atoms with Crippen molar-refractivity contribution in [2.24, 2.45) is 5.92 Å². The highest BCUT2D eigenvalue weighted by Gasteiger charge is 2.52. The second-order valence-corrected chi connectivity index (χ2v) is 9.70. The van der Waals surface area contributed by atoms with E-state index in [-0.39, 0.29) is 36.0 Å². The molecule has 9 heteroatoms. The molecule has 0 aromatic carbocycles. The zero-order chi connectivity index (χ0) is 24.2. The van der Waals surface area contributed by atoms with E-state index in [1.165, 1.54) is 12.2 Å². The molecule has 0 radical (unpaired) electrons. The summed E-state index contributed by atoms with van der Waals surface area (Å²) >= 11 is 1.16. The molecule has 2 saturated heterocycles. The number of carbonyl (C=O) groups is 3. The molecule has 3 N–H and O–H groups in total. The minimum absolute atomic E-state index is 0.0144. The Labute approximate surface area is 202 Å². The third-order valence-corrected chi connectivity index (χ3v) is 7.60. The molecule has 1 aromatic rings. The molecule has 3 heterocycles. The number of hydrogen-bond acceptors (Lipinski definition) is 7. The van der Waals surface area contributed by atoms with E-state index in [0.717, 1.165) is 42.4 Å². The second-order valence-electron chi connectivity index (χ2n) is 8.61. The number of carbonyl (C=O) groups excluding carboxylic acids is 3. The van der Waals surface area contributed by atoms with Gasteiger partial charge in [0.25, 0.3) is 5.91 Å². The van der Waals surface area contributed by atoms with E-state index < -0.39 is 18.0 Å². The van der Waals surface area contributed by atoms with E-state index in [9.17, 15) is 14.4 Å². The van der Waals surface area contributed by atoms with Gasteiger partial charge < -0.3 is 20.4 Å². The predicted molar refractivity (Wildman–Crippen MR) is 131 cm³/mol. The summed E-state index contributed by atoms with van der Waals surface area (Å²) in [5.41, 5.74) is 1.07. The first kappa shape index (κ1) is 24.0. The van der Waals surface area contributed by atoms with E-state index >= 15 is 0 Å². The van der Waals surface area contributed by atoms with Gasteiger partial charge in [0.2, 0.25) is 5.91 Å². The lowest BCUT2D eigenvalue weighted by molar-refractivity contribution is -0.137. The third kappa shape index (κ3) is 4.71. The van der Waals surface area contributed by atoms with E-state index in [1.54, 1.807) is 23.1 Å². The first-order valence-electron chi connectivity index (χ1n) is 11.4. The molecular formula is C25H28N4O4S. The normalized spacial score (nSPS) is 25.1. The number of amides is 2. The van der Waals surface area contributed by atoms with Gasteiger partial charge in [0.15, 0.2) is 5.78 Å². The third-order valence-electron chi connectivity index (χ3n) is 6.48. The van der Waals surface area contributed by atoms with Gasteiger partial charge in [-0.2, -0.15) is 0 Å². The lowest BCUT2D eigenvalue weighted by Crippen LogP contribution is -2.53. The Bertz CT molecular complexity index is 1090. The van der Waals surface area contributed by atoms with Crippen LogP contribution < -0.4 is 5.32 Å². The minimum Gasteiger partial charge on any atom is -0.367 e. The van der Waals surface area contributed by atoms with Crippen LogP contribution >= 0.6 is 11.3 Å². The number of hydrogen-bond donors (Lipinski definition) is 3. The van der Waals surface area contributed by atoms with Gasteiger partial charge in [0, 0.05) is 18.7 Å². The maximum absolute atomic E-state index is 13.8. The molecule has 1 aromatic heterocycles. The summed E-state index contributed by atoms with van der Waals surface area (Å²) in [6, 6.07) is 1.82. The topological polar surface area (TPSA) is 123 Å².